The molecule has 3 aliphatic heterocycles. The van der Waals surface area contributed by atoms with Gasteiger partial charge in [0.05, 0.1) is 29.9 Å². The molecular formula is C26H25N3O6. The maximum Gasteiger partial charge on any atom is 0.271 e. The molecule has 9 nitrogen and oxygen atoms in total. The third-order valence-corrected chi connectivity index (χ3v) is 7.08. The second-order valence-corrected chi connectivity index (χ2v) is 10.1. The summed E-state index contributed by atoms with van der Waals surface area (Å²) in [6, 6.07) is 10.0. The Kier molecular flexibility index (Phi) is 5.05. The van der Waals surface area contributed by atoms with Crippen molar-refractivity contribution in [3.63, 3.8) is 0 Å². The number of hydrogen-bond donors (Lipinski definition) is 0. The van der Waals surface area contributed by atoms with E-state index in [0.717, 1.165) is 16.0 Å². The van der Waals surface area contributed by atoms with E-state index >= 15 is 0 Å². The van der Waals surface area contributed by atoms with Crippen LogP contribution in [-0.2, 0) is 14.4 Å². The molecule has 2 fully saturated rings. The molecule has 0 aromatic heterocycles. The normalized spacial score (nSPS) is 24.8. The van der Waals surface area contributed by atoms with E-state index in [1.807, 2.05) is 35.2 Å². The highest BCUT2D eigenvalue weighted by atomic mass is 16.6. The van der Waals surface area contributed by atoms with E-state index < -0.39 is 46.1 Å². The van der Waals surface area contributed by atoms with Crippen LogP contribution in [0.25, 0.3) is 6.08 Å². The molecule has 5 rings (SSSR count). The number of carbonyl (C=O) groups excluding carboxylic acids is 3. The van der Waals surface area contributed by atoms with Crippen LogP contribution in [0.3, 0.4) is 0 Å². The fraction of sp³-hybridized carbons (Fsp3) is 0.346. The van der Waals surface area contributed by atoms with E-state index in [1.54, 1.807) is 27.0 Å². The average molecular weight is 476 g/mol. The molecule has 0 spiro atoms. The van der Waals surface area contributed by atoms with Gasteiger partial charge in [-0.1, -0.05) is 45.0 Å². The van der Waals surface area contributed by atoms with Crippen LogP contribution in [0, 0.1) is 27.4 Å². The van der Waals surface area contributed by atoms with Gasteiger partial charge in [0.2, 0.25) is 11.8 Å². The lowest BCUT2D eigenvalue weighted by atomic mass is 9.79. The number of nitro groups is 1. The van der Waals surface area contributed by atoms with Crippen molar-refractivity contribution in [2.45, 2.75) is 32.9 Å². The number of anilines is 1. The number of carbonyl (C=O) groups is 3. The van der Waals surface area contributed by atoms with Gasteiger partial charge < -0.3 is 9.64 Å². The molecule has 0 saturated carbocycles. The Morgan fingerprint density at radius 1 is 1.06 bits per heavy atom. The van der Waals surface area contributed by atoms with E-state index in [1.165, 1.54) is 25.3 Å². The molecule has 35 heavy (non-hydrogen) atoms. The van der Waals surface area contributed by atoms with Crippen LogP contribution in [0.1, 0.15) is 37.9 Å². The van der Waals surface area contributed by atoms with Gasteiger partial charge >= 0.3 is 0 Å². The van der Waals surface area contributed by atoms with Crippen molar-refractivity contribution in [2.75, 3.05) is 12.0 Å². The number of amides is 2. The summed E-state index contributed by atoms with van der Waals surface area (Å²) in [7, 11) is 1.37. The Bertz CT molecular complexity index is 1310. The van der Waals surface area contributed by atoms with Crippen LogP contribution >= 0.6 is 0 Å². The Morgan fingerprint density at radius 3 is 2.40 bits per heavy atom. The van der Waals surface area contributed by atoms with Crippen molar-refractivity contribution in [1.82, 2.24) is 4.90 Å². The van der Waals surface area contributed by atoms with Crippen LogP contribution < -0.4 is 9.64 Å². The van der Waals surface area contributed by atoms with Crippen molar-refractivity contribution in [3.05, 3.63) is 69.9 Å². The second-order valence-electron chi connectivity index (χ2n) is 10.1. The summed E-state index contributed by atoms with van der Waals surface area (Å²) in [6.07, 6.45) is 3.70. The van der Waals surface area contributed by atoms with E-state index in [0.29, 0.717) is 0 Å². The summed E-state index contributed by atoms with van der Waals surface area (Å²) in [6.45, 7) is 5.38. The number of rotatable bonds is 4. The van der Waals surface area contributed by atoms with Crippen molar-refractivity contribution in [1.29, 1.82) is 0 Å². The number of nitrogens with zero attached hydrogens (tertiary/aromatic N) is 3. The number of imide groups is 1. The lowest BCUT2D eigenvalue weighted by Gasteiger charge is -2.37. The Labute approximate surface area is 202 Å². The smallest absolute Gasteiger partial charge is 0.271 e. The lowest BCUT2D eigenvalue weighted by molar-refractivity contribution is -0.384. The predicted octanol–water partition coefficient (Wildman–Crippen LogP) is 3.73. The van der Waals surface area contributed by atoms with E-state index in [-0.39, 0.29) is 22.9 Å². The van der Waals surface area contributed by atoms with Gasteiger partial charge in [-0.15, -0.1) is 0 Å². The van der Waals surface area contributed by atoms with Gasteiger partial charge in [-0.3, -0.25) is 24.5 Å². The number of hydrogen-bond acceptors (Lipinski definition) is 7. The van der Waals surface area contributed by atoms with Crippen molar-refractivity contribution < 1.29 is 24.0 Å². The highest BCUT2D eigenvalue weighted by Crippen LogP contribution is 2.55. The molecule has 0 bridgehead atoms. The molecule has 3 aliphatic rings. The standard InChI is InChI=1S/C26H25N3O6/c1-26(2,3)23(30)22-20-19(21-16-8-6-5-7-14(16)11-12-27(21)22)24(31)28(25(20)32)17-13-15(29(33)34)9-10-18(17)35-4/h5-13,19-22H,1-4H3/t19-,20+,21-,22-/m1/s1. The topological polar surface area (TPSA) is 110 Å². The number of nitro benzene ring substituents is 1. The van der Waals surface area contributed by atoms with Crippen molar-refractivity contribution in [3.8, 4) is 5.75 Å². The first-order valence-corrected chi connectivity index (χ1v) is 11.4. The molecule has 9 heteroatoms. The summed E-state index contributed by atoms with van der Waals surface area (Å²) in [4.78, 5) is 55.2. The number of ether oxygens (including phenoxy) is 1. The van der Waals surface area contributed by atoms with Crippen molar-refractivity contribution >= 4 is 35.0 Å². The monoisotopic (exact) mass is 475 g/mol. The molecular weight excluding hydrogens is 450 g/mol. The van der Waals surface area contributed by atoms with E-state index in [9.17, 15) is 24.5 Å². The van der Waals surface area contributed by atoms with Gasteiger partial charge in [-0.2, -0.15) is 0 Å². The molecule has 0 radical (unpaired) electrons. The molecule has 3 heterocycles. The summed E-state index contributed by atoms with van der Waals surface area (Å²) < 4.78 is 5.35. The summed E-state index contributed by atoms with van der Waals surface area (Å²) >= 11 is 0. The predicted molar refractivity (Wildman–Crippen MR) is 127 cm³/mol. The Balaban J connectivity index is 1.69. The average Bonchev–Trinajstić information content (AvgIpc) is 3.30. The zero-order chi connectivity index (χ0) is 25.2. The summed E-state index contributed by atoms with van der Waals surface area (Å²) in [5, 5.41) is 11.4. The minimum absolute atomic E-state index is 0.0132. The largest absolute Gasteiger partial charge is 0.495 e. The molecule has 0 unspecified atom stereocenters. The van der Waals surface area contributed by atoms with E-state index in [2.05, 4.69) is 0 Å². The molecule has 4 atom stereocenters. The molecule has 2 aromatic rings. The first-order chi connectivity index (χ1) is 16.6. The van der Waals surface area contributed by atoms with Gasteiger partial charge in [0.15, 0.2) is 5.78 Å². The van der Waals surface area contributed by atoms with Crippen LogP contribution in [0.4, 0.5) is 11.4 Å². The van der Waals surface area contributed by atoms with Crippen LogP contribution in [-0.4, -0.2) is 40.6 Å². The summed E-state index contributed by atoms with van der Waals surface area (Å²) in [5.41, 5.74) is 0.772. The van der Waals surface area contributed by atoms with Crippen LogP contribution in [0.2, 0.25) is 0 Å². The van der Waals surface area contributed by atoms with Gasteiger partial charge in [-0.05, 0) is 23.3 Å². The van der Waals surface area contributed by atoms with Crippen LogP contribution in [0.5, 0.6) is 5.75 Å². The third-order valence-electron chi connectivity index (χ3n) is 7.08. The second kappa shape index (κ2) is 7.76. The van der Waals surface area contributed by atoms with Gasteiger partial charge in [0.25, 0.3) is 5.69 Å². The first-order valence-electron chi connectivity index (χ1n) is 11.4. The molecule has 2 aromatic carbocycles. The maximum atomic E-state index is 13.9. The lowest BCUT2D eigenvalue weighted by Crippen LogP contribution is -2.47. The number of benzene rings is 2. The fourth-order valence-corrected chi connectivity index (χ4v) is 5.50. The van der Waals surface area contributed by atoms with Crippen molar-refractivity contribution in [2.24, 2.45) is 17.3 Å². The number of fused-ring (bicyclic) bond motifs is 5. The third kappa shape index (κ3) is 3.25. The fourth-order valence-electron chi connectivity index (χ4n) is 5.50. The number of methoxy groups -OCH3 is 1. The highest BCUT2D eigenvalue weighted by molar-refractivity contribution is 6.25. The number of non-ortho nitro benzene ring substituents is 1. The first kappa shape index (κ1) is 22.8. The quantitative estimate of drug-likeness (QED) is 0.376. The SMILES string of the molecule is COc1ccc([N+](=O)[O-])cc1N1C(=O)[C@@H]2[C@H](C1=O)[C@H](C(=O)C(C)(C)C)N1C=Cc3ccccc3[C@H]21. The zero-order valence-electron chi connectivity index (χ0n) is 19.8. The number of Topliss-reactive ketones (excluding diaryl/α,β-unsaturated/α-hetero) is 1. The zero-order valence-corrected chi connectivity index (χ0v) is 19.8. The number of ketones is 1. The minimum atomic E-state index is -0.931. The molecule has 180 valence electrons. The maximum absolute atomic E-state index is 13.9. The van der Waals surface area contributed by atoms with Gasteiger partial charge in [0, 0.05) is 23.7 Å². The Hall–Kier alpha value is -4.01. The Morgan fingerprint density at radius 2 is 1.74 bits per heavy atom. The molecule has 2 amide bonds. The van der Waals surface area contributed by atoms with Crippen LogP contribution in [0.15, 0.2) is 48.7 Å². The van der Waals surface area contributed by atoms with Gasteiger partial charge in [0.1, 0.15) is 17.5 Å². The van der Waals surface area contributed by atoms with E-state index in [4.69, 9.17) is 4.74 Å². The molecule has 2 saturated heterocycles. The highest BCUT2D eigenvalue weighted by Gasteiger charge is 2.65. The minimum Gasteiger partial charge on any atom is -0.495 e. The van der Waals surface area contributed by atoms with Gasteiger partial charge in [-0.25, -0.2) is 4.90 Å². The summed E-state index contributed by atoms with van der Waals surface area (Å²) in [5.74, 6) is -2.79. The molecule has 0 aliphatic carbocycles. The molecule has 0 N–H and O–H groups in total.